The molecule has 1 amide bonds. The fourth-order valence-corrected chi connectivity index (χ4v) is 3.38. The van der Waals surface area contributed by atoms with E-state index in [1.807, 2.05) is 16.8 Å². The zero-order chi connectivity index (χ0) is 15.7. The fourth-order valence-electron chi connectivity index (χ4n) is 1.85. The van der Waals surface area contributed by atoms with E-state index < -0.39 is 11.7 Å². The minimum atomic E-state index is -4.42. The SMILES string of the molecule is O=C(NCc1ccsc1)c1nc2cc(C(F)(F)F)ccc2s1. The van der Waals surface area contributed by atoms with Crippen molar-refractivity contribution in [2.45, 2.75) is 12.7 Å². The van der Waals surface area contributed by atoms with Gasteiger partial charge in [0.2, 0.25) is 0 Å². The Kier molecular flexibility index (Phi) is 3.88. The van der Waals surface area contributed by atoms with Crippen LogP contribution in [0, 0.1) is 0 Å². The van der Waals surface area contributed by atoms with Gasteiger partial charge in [-0.05, 0) is 40.6 Å². The smallest absolute Gasteiger partial charge is 0.346 e. The second-order valence-electron chi connectivity index (χ2n) is 4.51. The van der Waals surface area contributed by atoms with Crippen LogP contribution < -0.4 is 5.32 Å². The molecule has 1 N–H and O–H groups in total. The van der Waals surface area contributed by atoms with Crippen LogP contribution in [-0.2, 0) is 12.7 Å². The molecule has 3 aromatic rings. The lowest BCUT2D eigenvalue weighted by Crippen LogP contribution is -2.22. The van der Waals surface area contributed by atoms with E-state index in [-0.39, 0.29) is 16.4 Å². The number of aromatic nitrogens is 1. The predicted molar refractivity (Wildman–Crippen MR) is 80.1 cm³/mol. The summed E-state index contributed by atoms with van der Waals surface area (Å²) < 4.78 is 38.5. The molecule has 8 heteroatoms. The van der Waals surface area contributed by atoms with Crippen LogP contribution in [0.2, 0.25) is 0 Å². The Labute approximate surface area is 131 Å². The van der Waals surface area contributed by atoms with E-state index in [0.29, 0.717) is 11.2 Å². The summed E-state index contributed by atoms with van der Waals surface area (Å²) in [5, 5.41) is 6.67. The van der Waals surface area contributed by atoms with E-state index in [1.54, 1.807) is 0 Å². The summed E-state index contributed by atoms with van der Waals surface area (Å²) in [6, 6.07) is 5.18. The molecule has 2 aromatic heterocycles. The molecule has 0 saturated carbocycles. The van der Waals surface area contributed by atoms with Crippen molar-refractivity contribution in [3.8, 4) is 0 Å². The number of benzene rings is 1. The molecule has 22 heavy (non-hydrogen) atoms. The highest BCUT2D eigenvalue weighted by molar-refractivity contribution is 7.20. The molecule has 0 saturated heterocycles. The number of alkyl halides is 3. The molecule has 0 radical (unpaired) electrons. The summed E-state index contributed by atoms with van der Waals surface area (Å²) in [5.41, 5.74) is 0.384. The van der Waals surface area contributed by atoms with E-state index in [9.17, 15) is 18.0 Å². The van der Waals surface area contributed by atoms with Crippen LogP contribution in [0.25, 0.3) is 10.2 Å². The van der Waals surface area contributed by atoms with Crippen molar-refractivity contribution in [1.29, 1.82) is 0 Å². The summed E-state index contributed by atoms with van der Waals surface area (Å²) in [7, 11) is 0. The normalized spacial score (nSPS) is 11.8. The minimum Gasteiger partial charge on any atom is -0.346 e. The van der Waals surface area contributed by atoms with Crippen LogP contribution in [0.1, 0.15) is 20.9 Å². The number of thiophene rings is 1. The van der Waals surface area contributed by atoms with Crippen molar-refractivity contribution in [3.63, 3.8) is 0 Å². The molecule has 0 spiro atoms. The summed E-state index contributed by atoms with van der Waals surface area (Å²) in [6.07, 6.45) is -4.42. The van der Waals surface area contributed by atoms with Crippen molar-refractivity contribution >= 4 is 38.8 Å². The second-order valence-corrected chi connectivity index (χ2v) is 6.32. The molecular weight excluding hydrogens is 333 g/mol. The van der Waals surface area contributed by atoms with Gasteiger partial charge in [-0.25, -0.2) is 4.98 Å². The first-order valence-corrected chi connectivity index (χ1v) is 7.96. The number of nitrogens with zero attached hydrogens (tertiary/aromatic N) is 1. The Morgan fingerprint density at radius 3 is 2.77 bits per heavy atom. The van der Waals surface area contributed by atoms with Crippen LogP contribution in [-0.4, -0.2) is 10.9 Å². The van der Waals surface area contributed by atoms with Gasteiger partial charge in [-0.15, -0.1) is 11.3 Å². The van der Waals surface area contributed by atoms with Gasteiger partial charge in [0.05, 0.1) is 15.8 Å². The number of carbonyl (C=O) groups excluding carboxylic acids is 1. The number of fused-ring (bicyclic) bond motifs is 1. The molecular formula is C14H9F3N2OS2. The van der Waals surface area contributed by atoms with E-state index in [2.05, 4.69) is 10.3 Å². The van der Waals surface area contributed by atoms with Gasteiger partial charge < -0.3 is 5.32 Å². The average molecular weight is 342 g/mol. The highest BCUT2D eigenvalue weighted by Crippen LogP contribution is 2.32. The quantitative estimate of drug-likeness (QED) is 0.771. The largest absolute Gasteiger partial charge is 0.416 e. The van der Waals surface area contributed by atoms with Gasteiger partial charge in [-0.1, -0.05) is 0 Å². The molecule has 0 fully saturated rings. The number of thiazole rings is 1. The van der Waals surface area contributed by atoms with Crippen molar-refractivity contribution < 1.29 is 18.0 Å². The third-order valence-electron chi connectivity index (χ3n) is 2.94. The van der Waals surface area contributed by atoms with E-state index in [1.165, 1.54) is 17.4 Å². The number of halogens is 3. The topological polar surface area (TPSA) is 42.0 Å². The Morgan fingerprint density at radius 1 is 1.27 bits per heavy atom. The number of rotatable bonds is 3. The van der Waals surface area contributed by atoms with Gasteiger partial charge in [0.25, 0.3) is 5.91 Å². The minimum absolute atomic E-state index is 0.157. The zero-order valence-corrected chi connectivity index (χ0v) is 12.6. The molecule has 0 aliphatic rings. The second kappa shape index (κ2) is 5.69. The van der Waals surface area contributed by atoms with Crippen LogP contribution in [0.5, 0.6) is 0 Å². The molecule has 1 aromatic carbocycles. The highest BCUT2D eigenvalue weighted by Gasteiger charge is 2.31. The van der Waals surface area contributed by atoms with Crippen molar-refractivity contribution in [2.24, 2.45) is 0 Å². The number of amides is 1. The summed E-state index contributed by atoms with van der Waals surface area (Å²) >= 11 is 2.60. The first-order valence-electron chi connectivity index (χ1n) is 6.20. The van der Waals surface area contributed by atoms with Gasteiger partial charge in [-0.2, -0.15) is 24.5 Å². The van der Waals surface area contributed by atoms with Gasteiger partial charge in [0, 0.05) is 6.54 Å². The van der Waals surface area contributed by atoms with Crippen LogP contribution in [0.15, 0.2) is 35.0 Å². The predicted octanol–water partition coefficient (Wildman–Crippen LogP) is 4.31. The van der Waals surface area contributed by atoms with Crippen molar-refractivity contribution in [1.82, 2.24) is 10.3 Å². The number of hydrogen-bond donors (Lipinski definition) is 1. The van der Waals surface area contributed by atoms with Crippen molar-refractivity contribution in [3.05, 3.63) is 51.2 Å². The molecule has 0 unspecified atom stereocenters. The number of nitrogens with one attached hydrogen (secondary N) is 1. The standard InChI is InChI=1S/C14H9F3N2OS2/c15-14(16,17)9-1-2-11-10(5-9)19-13(22-11)12(20)18-6-8-3-4-21-7-8/h1-5,7H,6H2,(H,18,20). The Balaban J connectivity index is 1.80. The van der Waals surface area contributed by atoms with Crippen LogP contribution in [0.3, 0.4) is 0 Å². The molecule has 0 aliphatic carbocycles. The molecule has 3 nitrogen and oxygen atoms in total. The maximum Gasteiger partial charge on any atom is 0.416 e. The molecule has 2 heterocycles. The Bertz CT molecular complexity index is 809. The Morgan fingerprint density at radius 2 is 2.09 bits per heavy atom. The van der Waals surface area contributed by atoms with Crippen LogP contribution in [0.4, 0.5) is 13.2 Å². The lowest BCUT2D eigenvalue weighted by molar-refractivity contribution is -0.137. The number of hydrogen-bond acceptors (Lipinski definition) is 4. The van der Waals surface area contributed by atoms with E-state index >= 15 is 0 Å². The molecule has 0 aliphatic heterocycles. The maximum atomic E-state index is 12.7. The van der Waals surface area contributed by atoms with Gasteiger partial charge >= 0.3 is 6.18 Å². The third-order valence-corrected chi connectivity index (χ3v) is 4.71. The molecule has 3 rings (SSSR count). The molecule has 114 valence electrons. The maximum absolute atomic E-state index is 12.7. The average Bonchev–Trinajstić information content (AvgIpc) is 3.11. The monoisotopic (exact) mass is 342 g/mol. The summed E-state index contributed by atoms with van der Waals surface area (Å²) in [4.78, 5) is 16.0. The van der Waals surface area contributed by atoms with E-state index in [4.69, 9.17) is 0 Å². The highest BCUT2D eigenvalue weighted by atomic mass is 32.1. The first kappa shape index (κ1) is 15.0. The first-order chi connectivity index (χ1) is 10.4. The van der Waals surface area contributed by atoms with Gasteiger partial charge in [0.15, 0.2) is 5.01 Å². The molecule has 0 atom stereocenters. The lowest BCUT2D eigenvalue weighted by Gasteiger charge is -2.04. The fraction of sp³-hybridized carbons (Fsp3) is 0.143. The van der Waals surface area contributed by atoms with Gasteiger partial charge in [-0.3, -0.25) is 4.79 Å². The lowest BCUT2D eigenvalue weighted by atomic mass is 10.2. The van der Waals surface area contributed by atoms with Crippen molar-refractivity contribution in [2.75, 3.05) is 0 Å². The zero-order valence-electron chi connectivity index (χ0n) is 11.0. The number of carbonyl (C=O) groups is 1. The third kappa shape index (κ3) is 3.12. The molecule has 0 bridgehead atoms. The summed E-state index contributed by atoms with van der Waals surface area (Å²) in [5.74, 6) is -0.388. The van der Waals surface area contributed by atoms with E-state index in [0.717, 1.165) is 29.0 Å². The van der Waals surface area contributed by atoms with Crippen LogP contribution >= 0.6 is 22.7 Å². The Hall–Kier alpha value is -1.93. The van der Waals surface area contributed by atoms with Gasteiger partial charge in [0.1, 0.15) is 0 Å². The summed E-state index contributed by atoms with van der Waals surface area (Å²) in [6.45, 7) is 0.367.